The molecule has 0 spiro atoms. The molecule has 0 bridgehead atoms. The Morgan fingerprint density at radius 1 is 1.41 bits per heavy atom. The van der Waals surface area contributed by atoms with Gasteiger partial charge in [-0.25, -0.2) is 0 Å². The third kappa shape index (κ3) is 4.20. The number of rotatable bonds is 6. The molecular formula is C15H19N3O2S2. The molecule has 1 N–H and O–H groups in total. The highest BCUT2D eigenvalue weighted by Gasteiger charge is 2.18. The van der Waals surface area contributed by atoms with Crippen LogP contribution in [-0.2, 0) is 4.79 Å². The summed E-state index contributed by atoms with van der Waals surface area (Å²) >= 11 is 2.97. The minimum atomic E-state index is -0.605. The summed E-state index contributed by atoms with van der Waals surface area (Å²) in [5.41, 5.74) is 2.18. The van der Waals surface area contributed by atoms with Gasteiger partial charge in [-0.3, -0.25) is 10.1 Å². The lowest BCUT2D eigenvalue weighted by molar-refractivity contribution is -0.122. The molecule has 2 rings (SSSR count). The van der Waals surface area contributed by atoms with Crippen LogP contribution in [0.3, 0.4) is 0 Å². The summed E-state index contributed by atoms with van der Waals surface area (Å²) in [7, 11) is 0. The Labute approximate surface area is 138 Å². The van der Waals surface area contributed by atoms with Crippen LogP contribution in [0.1, 0.15) is 25.0 Å². The molecule has 0 aliphatic carbocycles. The molecule has 0 unspecified atom stereocenters. The number of ether oxygens (including phenoxy) is 1. The number of nitrogens with one attached hydrogen (secondary N) is 1. The van der Waals surface area contributed by atoms with Gasteiger partial charge in [0.1, 0.15) is 5.75 Å². The Hall–Kier alpha value is -1.60. The zero-order chi connectivity index (χ0) is 16.1. The molecule has 1 heterocycles. The summed E-state index contributed by atoms with van der Waals surface area (Å²) in [5.74, 6) is 1.42. The fraction of sp³-hybridized carbons (Fsp3) is 0.400. The predicted octanol–water partition coefficient (Wildman–Crippen LogP) is 3.67. The topological polar surface area (TPSA) is 64.1 Å². The molecular weight excluding hydrogens is 318 g/mol. The molecule has 118 valence electrons. The molecule has 5 nitrogen and oxygen atoms in total. The molecule has 0 aliphatic heterocycles. The maximum Gasteiger partial charge on any atom is 0.266 e. The van der Waals surface area contributed by atoms with Crippen molar-refractivity contribution >= 4 is 34.1 Å². The van der Waals surface area contributed by atoms with E-state index in [1.54, 1.807) is 18.7 Å². The van der Waals surface area contributed by atoms with Crippen molar-refractivity contribution in [3.8, 4) is 5.75 Å². The monoisotopic (exact) mass is 337 g/mol. The van der Waals surface area contributed by atoms with Gasteiger partial charge in [-0.2, -0.15) is 0 Å². The van der Waals surface area contributed by atoms with E-state index in [-0.39, 0.29) is 5.91 Å². The van der Waals surface area contributed by atoms with Crippen LogP contribution >= 0.6 is 23.1 Å². The lowest BCUT2D eigenvalue weighted by Gasteiger charge is -2.16. The second-order valence-electron chi connectivity index (χ2n) is 4.75. The van der Waals surface area contributed by atoms with Gasteiger partial charge in [0.15, 0.2) is 10.4 Å². The van der Waals surface area contributed by atoms with Crippen molar-refractivity contribution in [3.05, 3.63) is 29.3 Å². The van der Waals surface area contributed by atoms with Gasteiger partial charge < -0.3 is 4.74 Å². The molecule has 0 fully saturated rings. The normalized spacial score (nSPS) is 12.0. The average molecular weight is 337 g/mol. The van der Waals surface area contributed by atoms with Crippen LogP contribution in [-0.4, -0.2) is 28.0 Å². The van der Waals surface area contributed by atoms with Crippen molar-refractivity contribution in [1.82, 2.24) is 10.2 Å². The molecule has 0 radical (unpaired) electrons. The van der Waals surface area contributed by atoms with Crippen LogP contribution in [0.25, 0.3) is 0 Å². The Kier molecular flexibility index (Phi) is 5.79. The summed E-state index contributed by atoms with van der Waals surface area (Å²) in [6.45, 7) is 7.76. The molecule has 1 aromatic carbocycles. The van der Waals surface area contributed by atoms with Crippen LogP contribution in [0, 0.1) is 13.8 Å². The number of nitrogens with zero attached hydrogens (tertiary/aromatic N) is 2. The lowest BCUT2D eigenvalue weighted by atomic mass is 10.1. The van der Waals surface area contributed by atoms with Gasteiger partial charge in [-0.1, -0.05) is 42.2 Å². The van der Waals surface area contributed by atoms with Crippen molar-refractivity contribution in [2.24, 2.45) is 0 Å². The molecule has 7 heteroatoms. The number of benzene rings is 1. The van der Waals surface area contributed by atoms with E-state index in [4.69, 9.17) is 4.74 Å². The highest BCUT2D eigenvalue weighted by atomic mass is 32.2. The van der Waals surface area contributed by atoms with Gasteiger partial charge in [0.25, 0.3) is 5.91 Å². The van der Waals surface area contributed by atoms with Crippen LogP contribution in [0.5, 0.6) is 5.75 Å². The molecule has 0 saturated carbocycles. The minimum Gasteiger partial charge on any atom is -0.481 e. The third-order valence-electron chi connectivity index (χ3n) is 3.13. The second-order valence-corrected chi connectivity index (χ2v) is 7.24. The summed E-state index contributed by atoms with van der Waals surface area (Å²) in [4.78, 5) is 12.2. The van der Waals surface area contributed by atoms with Gasteiger partial charge in [0.05, 0.1) is 0 Å². The predicted molar refractivity (Wildman–Crippen MR) is 90.9 cm³/mol. The van der Waals surface area contributed by atoms with Crippen molar-refractivity contribution in [3.63, 3.8) is 0 Å². The number of anilines is 1. The van der Waals surface area contributed by atoms with Gasteiger partial charge >= 0.3 is 0 Å². The maximum atomic E-state index is 12.2. The summed E-state index contributed by atoms with van der Waals surface area (Å²) in [6, 6.07) is 5.80. The SMILES string of the molecule is CCSc1nnc(NC(=O)[C@H](C)Oc2cccc(C)c2C)s1. The zero-order valence-corrected chi connectivity index (χ0v) is 14.7. The van der Waals surface area contributed by atoms with Crippen LogP contribution in [0.4, 0.5) is 5.13 Å². The van der Waals surface area contributed by atoms with Crippen LogP contribution < -0.4 is 10.1 Å². The molecule has 0 saturated heterocycles. The third-order valence-corrected chi connectivity index (χ3v) is 4.99. The summed E-state index contributed by atoms with van der Waals surface area (Å²) in [6.07, 6.45) is -0.605. The number of amides is 1. The Morgan fingerprint density at radius 2 is 2.18 bits per heavy atom. The fourth-order valence-corrected chi connectivity index (χ4v) is 3.40. The first-order chi connectivity index (χ1) is 10.5. The Bertz CT molecular complexity index is 658. The molecule has 1 atom stereocenters. The molecule has 1 aromatic heterocycles. The minimum absolute atomic E-state index is 0.231. The van der Waals surface area contributed by atoms with E-state index < -0.39 is 6.10 Å². The van der Waals surface area contributed by atoms with Crippen molar-refractivity contribution in [1.29, 1.82) is 0 Å². The number of carbonyl (C=O) groups is 1. The standard InChI is InChI=1S/C15H19N3O2S2/c1-5-21-15-18-17-14(22-15)16-13(19)11(4)20-12-8-6-7-9(2)10(12)3/h6-8,11H,5H2,1-4H3,(H,16,17,19)/t11-/m0/s1. The van der Waals surface area contributed by atoms with E-state index in [1.807, 2.05) is 39.0 Å². The average Bonchev–Trinajstić information content (AvgIpc) is 2.91. The first kappa shape index (κ1) is 16.8. The van der Waals surface area contributed by atoms with Gasteiger partial charge in [-0.15, -0.1) is 10.2 Å². The highest BCUT2D eigenvalue weighted by molar-refractivity contribution is 8.01. The first-order valence-corrected chi connectivity index (χ1v) is 8.81. The summed E-state index contributed by atoms with van der Waals surface area (Å²) in [5, 5.41) is 11.2. The highest BCUT2D eigenvalue weighted by Crippen LogP contribution is 2.26. The first-order valence-electron chi connectivity index (χ1n) is 7.01. The molecule has 1 amide bonds. The molecule has 0 aliphatic rings. The van der Waals surface area contributed by atoms with E-state index in [0.29, 0.717) is 5.13 Å². The van der Waals surface area contributed by atoms with E-state index in [1.165, 1.54) is 11.3 Å². The van der Waals surface area contributed by atoms with E-state index in [2.05, 4.69) is 15.5 Å². The maximum absolute atomic E-state index is 12.2. The fourth-order valence-electron chi connectivity index (χ4n) is 1.74. The van der Waals surface area contributed by atoms with Gasteiger partial charge in [-0.05, 0) is 43.7 Å². The van der Waals surface area contributed by atoms with Crippen molar-refractivity contribution < 1.29 is 9.53 Å². The Morgan fingerprint density at radius 3 is 2.91 bits per heavy atom. The van der Waals surface area contributed by atoms with Gasteiger partial charge in [0.2, 0.25) is 5.13 Å². The number of aryl methyl sites for hydroxylation is 1. The molecule has 22 heavy (non-hydrogen) atoms. The number of thioether (sulfide) groups is 1. The van der Waals surface area contributed by atoms with Crippen LogP contribution in [0.15, 0.2) is 22.5 Å². The largest absolute Gasteiger partial charge is 0.481 e. The molecule has 2 aromatic rings. The summed E-state index contributed by atoms with van der Waals surface area (Å²) < 4.78 is 6.60. The number of aromatic nitrogens is 2. The number of carbonyl (C=O) groups excluding carboxylic acids is 1. The van der Waals surface area contributed by atoms with E-state index >= 15 is 0 Å². The zero-order valence-electron chi connectivity index (χ0n) is 13.0. The van der Waals surface area contributed by atoms with Crippen LogP contribution in [0.2, 0.25) is 0 Å². The smallest absolute Gasteiger partial charge is 0.266 e. The van der Waals surface area contributed by atoms with Gasteiger partial charge in [0, 0.05) is 0 Å². The lowest BCUT2D eigenvalue weighted by Crippen LogP contribution is -2.30. The Balaban J connectivity index is 1.98. The van der Waals surface area contributed by atoms with Crippen molar-refractivity contribution in [2.45, 2.75) is 38.1 Å². The number of hydrogen-bond donors (Lipinski definition) is 1. The number of hydrogen-bond acceptors (Lipinski definition) is 6. The van der Waals surface area contributed by atoms with Crippen molar-refractivity contribution in [2.75, 3.05) is 11.1 Å². The van der Waals surface area contributed by atoms with E-state index in [9.17, 15) is 4.79 Å². The second kappa shape index (κ2) is 7.60. The quantitative estimate of drug-likeness (QED) is 0.643. The van der Waals surface area contributed by atoms with E-state index in [0.717, 1.165) is 27.0 Å².